The van der Waals surface area contributed by atoms with Gasteiger partial charge in [0, 0.05) is 31.7 Å². The highest BCUT2D eigenvalue weighted by Gasteiger charge is 2.30. The molecule has 108 valence electrons. The van der Waals surface area contributed by atoms with Crippen LogP contribution in [-0.4, -0.2) is 39.4 Å². The first-order valence-electron chi connectivity index (χ1n) is 6.74. The molecule has 2 atom stereocenters. The third kappa shape index (κ3) is 4.08. The van der Waals surface area contributed by atoms with E-state index in [1.54, 1.807) is 4.90 Å². The van der Waals surface area contributed by atoms with Crippen molar-refractivity contribution in [2.24, 2.45) is 0 Å². The van der Waals surface area contributed by atoms with Gasteiger partial charge in [-0.15, -0.1) is 0 Å². The number of carbonyl (C=O) groups is 2. The number of hydrogen-bond acceptors (Lipinski definition) is 4. The van der Waals surface area contributed by atoms with Crippen LogP contribution in [-0.2, 0) is 9.59 Å². The Balaban J connectivity index is 1.82. The molecule has 0 saturated carbocycles. The van der Waals surface area contributed by atoms with Crippen LogP contribution in [0.2, 0.25) is 0 Å². The lowest BCUT2D eigenvalue weighted by atomic mass is 10.1. The summed E-state index contributed by atoms with van der Waals surface area (Å²) in [5.41, 5.74) is 0.869. The minimum Gasteiger partial charge on any atom is -0.388 e. The Hall–Kier alpha value is -1.33. The average Bonchev–Trinajstić information content (AvgIpc) is 2.76. The molecule has 1 aromatic carbocycles. The molecule has 2 unspecified atom stereocenters. The van der Waals surface area contributed by atoms with Gasteiger partial charge in [0.2, 0.25) is 5.91 Å². The van der Waals surface area contributed by atoms with Gasteiger partial charge < -0.3 is 10.0 Å². The molecule has 0 spiro atoms. The second kappa shape index (κ2) is 6.90. The highest BCUT2D eigenvalue weighted by Crippen LogP contribution is 2.25. The number of aliphatic hydroxyl groups is 1. The van der Waals surface area contributed by atoms with Crippen LogP contribution in [0.25, 0.3) is 0 Å². The topological polar surface area (TPSA) is 57.6 Å². The maximum Gasteiger partial charge on any atom is 0.223 e. The number of amides is 1. The van der Waals surface area contributed by atoms with Crippen LogP contribution in [0.3, 0.4) is 0 Å². The van der Waals surface area contributed by atoms with Gasteiger partial charge in [0.25, 0.3) is 0 Å². The Labute approximate surface area is 123 Å². The lowest BCUT2D eigenvalue weighted by Gasteiger charge is -2.18. The normalized spacial score (nSPS) is 20.2. The van der Waals surface area contributed by atoms with Gasteiger partial charge in [0.15, 0.2) is 5.12 Å². The second-order valence-corrected chi connectivity index (χ2v) is 6.47. The fourth-order valence-electron chi connectivity index (χ4n) is 2.39. The van der Waals surface area contributed by atoms with E-state index in [9.17, 15) is 14.7 Å². The van der Waals surface area contributed by atoms with Gasteiger partial charge in [-0.2, -0.15) is 0 Å². The predicted octanol–water partition coefficient (Wildman–Crippen LogP) is 1.99. The first-order chi connectivity index (χ1) is 9.56. The second-order valence-electron chi connectivity index (χ2n) is 4.99. The number of benzene rings is 1. The minimum atomic E-state index is -0.552. The van der Waals surface area contributed by atoms with Crippen molar-refractivity contribution >= 4 is 22.8 Å². The van der Waals surface area contributed by atoms with Crippen LogP contribution >= 0.6 is 11.8 Å². The van der Waals surface area contributed by atoms with Crippen molar-refractivity contribution in [3.05, 3.63) is 35.9 Å². The van der Waals surface area contributed by atoms with Crippen LogP contribution < -0.4 is 0 Å². The molecule has 0 radical (unpaired) electrons. The summed E-state index contributed by atoms with van der Waals surface area (Å²) in [7, 11) is 0. The summed E-state index contributed by atoms with van der Waals surface area (Å²) in [6, 6.07) is 9.44. The van der Waals surface area contributed by atoms with E-state index in [2.05, 4.69) is 0 Å². The van der Waals surface area contributed by atoms with Crippen LogP contribution in [0.1, 0.15) is 31.4 Å². The van der Waals surface area contributed by atoms with E-state index in [0.717, 1.165) is 5.56 Å². The highest BCUT2D eigenvalue weighted by atomic mass is 32.2. The third-order valence-electron chi connectivity index (χ3n) is 3.37. The van der Waals surface area contributed by atoms with E-state index in [1.807, 2.05) is 30.3 Å². The Bertz CT molecular complexity index is 477. The Morgan fingerprint density at radius 2 is 2.15 bits per heavy atom. The summed E-state index contributed by atoms with van der Waals surface area (Å²) in [6.45, 7) is 2.66. The fraction of sp³-hybridized carbons (Fsp3) is 0.467. The first kappa shape index (κ1) is 15.1. The fourth-order valence-corrected chi connectivity index (χ4v) is 3.34. The number of carbonyl (C=O) groups excluding carboxylic acids is 2. The zero-order valence-electron chi connectivity index (χ0n) is 11.5. The summed E-state index contributed by atoms with van der Waals surface area (Å²) >= 11 is 1.24. The van der Waals surface area contributed by atoms with Crippen LogP contribution in [0.5, 0.6) is 0 Å². The lowest BCUT2D eigenvalue weighted by Crippen LogP contribution is -2.27. The molecule has 1 aliphatic heterocycles. The number of rotatable bonds is 5. The SMILES string of the molecule is CC(=O)SC1CC(=O)N(CCC(O)c2ccccc2)C1. The van der Waals surface area contributed by atoms with Crippen molar-refractivity contribution in [2.45, 2.75) is 31.1 Å². The molecule has 2 rings (SSSR count). The molecule has 1 saturated heterocycles. The van der Waals surface area contributed by atoms with Gasteiger partial charge in [-0.3, -0.25) is 9.59 Å². The van der Waals surface area contributed by atoms with Crippen molar-refractivity contribution in [1.29, 1.82) is 0 Å². The molecule has 0 aromatic heterocycles. The maximum atomic E-state index is 11.8. The van der Waals surface area contributed by atoms with Crippen molar-refractivity contribution < 1.29 is 14.7 Å². The monoisotopic (exact) mass is 293 g/mol. The molecule has 5 heteroatoms. The summed E-state index contributed by atoms with van der Waals surface area (Å²) in [5.74, 6) is 0.0732. The van der Waals surface area contributed by atoms with Gasteiger partial charge in [-0.1, -0.05) is 42.1 Å². The van der Waals surface area contributed by atoms with E-state index in [4.69, 9.17) is 0 Å². The third-order valence-corrected chi connectivity index (χ3v) is 4.35. The Morgan fingerprint density at radius 3 is 2.80 bits per heavy atom. The lowest BCUT2D eigenvalue weighted by molar-refractivity contribution is -0.127. The summed E-state index contributed by atoms with van der Waals surface area (Å²) in [5, 5.41) is 10.2. The molecule has 1 heterocycles. The van der Waals surface area contributed by atoms with Crippen molar-refractivity contribution in [2.75, 3.05) is 13.1 Å². The molecule has 1 aromatic rings. The quantitative estimate of drug-likeness (QED) is 0.902. The van der Waals surface area contributed by atoms with Gasteiger partial charge >= 0.3 is 0 Å². The zero-order chi connectivity index (χ0) is 14.5. The van der Waals surface area contributed by atoms with Gasteiger partial charge in [0.05, 0.1) is 6.10 Å². The first-order valence-corrected chi connectivity index (χ1v) is 7.62. The summed E-state index contributed by atoms with van der Waals surface area (Å²) in [6.07, 6.45) is 0.391. The maximum absolute atomic E-state index is 11.8. The van der Waals surface area contributed by atoms with E-state index in [1.165, 1.54) is 18.7 Å². The van der Waals surface area contributed by atoms with E-state index in [0.29, 0.717) is 25.9 Å². The van der Waals surface area contributed by atoms with Gasteiger partial charge in [0.1, 0.15) is 0 Å². The largest absolute Gasteiger partial charge is 0.388 e. The summed E-state index contributed by atoms with van der Waals surface area (Å²) < 4.78 is 0. The predicted molar refractivity (Wildman–Crippen MR) is 79.3 cm³/mol. The number of aliphatic hydroxyl groups excluding tert-OH is 1. The smallest absolute Gasteiger partial charge is 0.223 e. The average molecular weight is 293 g/mol. The number of thioether (sulfide) groups is 1. The molecule has 20 heavy (non-hydrogen) atoms. The zero-order valence-corrected chi connectivity index (χ0v) is 12.3. The molecule has 0 aliphatic carbocycles. The van der Waals surface area contributed by atoms with Gasteiger partial charge in [-0.05, 0) is 12.0 Å². The Morgan fingerprint density at radius 1 is 1.45 bits per heavy atom. The summed E-state index contributed by atoms with van der Waals surface area (Å²) in [4.78, 5) is 24.6. The molecule has 1 fully saturated rings. The van der Waals surface area contributed by atoms with E-state index < -0.39 is 6.10 Å². The van der Waals surface area contributed by atoms with Crippen molar-refractivity contribution in [3.63, 3.8) is 0 Å². The van der Waals surface area contributed by atoms with E-state index >= 15 is 0 Å². The highest BCUT2D eigenvalue weighted by molar-refractivity contribution is 8.14. The van der Waals surface area contributed by atoms with Gasteiger partial charge in [-0.25, -0.2) is 0 Å². The Kier molecular flexibility index (Phi) is 5.20. The number of likely N-dealkylation sites (tertiary alicyclic amines) is 1. The molecule has 1 aliphatic rings. The molecule has 1 amide bonds. The van der Waals surface area contributed by atoms with Crippen molar-refractivity contribution in [3.8, 4) is 0 Å². The molecule has 1 N–H and O–H groups in total. The standard InChI is InChI=1S/C15H19NO3S/c1-11(17)20-13-9-15(19)16(10-13)8-7-14(18)12-5-3-2-4-6-12/h2-6,13-14,18H,7-10H2,1H3. The van der Waals surface area contributed by atoms with Crippen LogP contribution in [0.4, 0.5) is 0 Å². The number of nitrogens with zero attached hydrogens (tertiary/aromatic N) is 1. The van der Waals surface area contributed by atoms with Crippen LogP contribution in [0, 0.1) is 0 Å². The molecule has 0 bridgehead atoms. The minimum absolute atomic E-state index is 0.0500. The van der Waals surface area contributed by atoms with Crippen molar-refractivity contribution in [1.82, 2.24) is 4.90 Å². The molecular weight excluding hydrogens is 274 g/mol. The molecular formula is C15H19NO3S. The van der Waals surface area contributed by atoms with Crippen LogP contribution in [0.15, 0.2) is 30.3 Å². The number of hydrogen-bond donors (Lipinski definition) is 1. The van der Waals surface area contributed by atoms with E-state index in [-0.39, 0.29) is 16.3 Å². The molecule has 4 nitrogen and oxygen atoms in total.